The number of nitrogen functional groups attached to an aromatic ring is 1. The van der Waals surface area contributed by atoms with E-state index in [-0.39, 0.29) is 17.7 Å². The van der Waals surface area contributed by atoms with Crippen LogP contribution in [0.15, 0.2) is 18.2 Å². The molecule has 1 aromatic rings. The number of aryl methyl sites for hydroxylation is 1. The third-order valence-electron chi connectivity index (χ3n) is 3.53. The first-order chi connectivity index (χ1) is 8.59. The molecule has 1 aromatic carbocycles. The van der Waals surface area contributed by atoms with E-state index in [1.807, 2.05) is 26.0 Å². The van der Waals surface area contributed by atoms with Crippen LogP contribution in [0.2, 0.25) is 0 Å². The average Bonchev–Trinajstić information content (AvgIpc) is 2.34. The van der Waals surface area contributed by atoms with Gasteiger partial charge in [0.2, 0.25) is 5.91 Å². The molecule has 0 bridgehead atoms. The first kappa shape index (κ1) is 12.9. The fraction of sp³-hybridized carbons (Fsp3) is 0.500. The number of hydrogen-bond acceptors (Lipinski definition) is 3. The van der Waals surface area contributed by atoms with E-state index >= 15 is 0 Å². The number of anilines is 2. The Labute approximate surface area is 108 Å². The summed E-state index contributed by atoms with van der Waals surface area (Å²) in [6.45, 7) is 5.30. The summed E-state index contributed by atoms with van der Waals surface area (Å²) < 4.78 is 5.36. The molecule has 1 amide bonds. The van der Waals surface area contributed by atoms with Gasteiger partial charge in [-0.2, -0.15) is 0 Å². The van der Waals surface area contributed by atoms with Gasteiger partial charge in [0.15, 0.2) is 0 Å². The third-order valence-corrected chi connectivity index (χ3v) is 3.53. The topological polar surface area (TPSA) is 64.3 Å². The summed E-state index contributed by atoms with van der Waals surface area (Å²) in [6, 6.07) is 5.63. The van der Waals surface area contributed by atoms with Crippen molar-refractivity contribution in [2.45, 2.75) is 20.3 Å². The van der Waals surface area contributed by atoms with Crippen molar-refractivity contribution in [3.63, 3.8) is 0 Å². The van der Waals surface area contributed by atoms with Gasteiger partial charge in [0.25, 0.3) is 0 Å². The number of ether oxygens (including phenoxy) is 1. The maximum absolute atomic E-state index is 12.3. The van der Waals surface area contributed by atoms with E-state index in [1.54, 1.807) is 6.07 Å². The van der Waals surface area contributed by atoms with Gasteiger partial charge in [-0.15, -0.1) is 0 Å². The average molecular weight is 248 g/mol. The van der Waals surface area contributed by atoms with Crippen molar-refractivity contribution in [1.29, 1.82) is 0 Å². The van der Waals surface area contributed by atoms with Crippen LogP contribution in [0, 0.1) is 18.8 Å². The van der Waals surface area contributed by atoms with Gasteiger partial charge in [0.05, 0.1) is 11.4 Å². The highest BCUT2D eigenvalue weighted by atomic mass is 16.5. The molecule has 2 rings (SSSR count). The fourth-order valence-electron chi connectivity index (χ4n) is 2.35. The summed E-state index contributed by atoms with van der Waals surface area (Å²) in [6.07, 6.45) is 0.777. The van der Waals surface area contributed by atoms with Crippen molar-refractivity contribution in [1.82, 2.24) is 0 Å². The summed E-state index contributed by atoms with van der Waals surface area (Å²) >= 11 is 0. The minimum atomic E-state index is 0.0118. The number of carbonyl (C=O) groups is 1. The van der Waals surface area contributed by atoms with Crippen molar-refractivity contribution in [2.75, 3.05) is 24.3 Å². The Morgan fingerprint density at radius 3 is 2.94 bits per heavy atom. The lowest BCUT2D eigenvalue weighted by molar-refractivity contribution is -0.125. The molecule has 1 aliphatic rings. The van der Waals surface area contributed by atoms with Crippen LogP contribution in [0.25, 0.3) is 0 Å². The largest absolute Gasteiger partial charge is 0.397 e. The molecule has 2 atom stereocenters. The lowest BCUT2D eigenvalue weighted by Gasteiger charge is -2.28. The zero-order valence-corrected chi connectivity index (χ0v) is 10.9. The second-order valence-electron chi connectivity index (χ2n) is 4.98. The molecule has 4 heteroatoms. The number of nitrogens with two attached hydrogens (primary N) is 1. The number of benzene rings is 1. The summed E-state index contributed by atoms with van der Waals surface area (Å²) in [5.41, 5.74) is 8.23. The van der Waals surface area contributed by atoms with E-state index in [4.69, 9.17) is 10.5 Å². The number of rotatable bonds is 2. The smallest absolute Gasteiger partial charge is 0.227 e. The van der Waals surface area contributed by atoms with Crippen molar-refractivity contribution >= 4 is 17.3 Å². The normalized spacial score (nSPS) is 23.7. The standard InChI is InChI=1S/C14H20N2O2/c1-9-4-3-5-12(15)13(9)16-14(17)11-6-7-18-8-10(11)2/h3-5,10-11H,6-8,15H2,1-2H3,(H,16,17). The van der Waals surface area contributed by atoms with Crippen molar-refractivity contribution in [2.24, 2.45) is 11.8 Å². The van der Waals surface area contributed by atoms with Gasteiger partial charge in [-0.3, -0.25) is 4.79 Å². The van der Waals surface area contributed by atoms with Gasteiger partial charge in [0.1, 0.15) is 0 Å². The maximum Gasteiger partial charge on any atom is 0.227 e. The second kappa shape index (κ2) is 5.40. The first-order valence-corrected chi connectivity index (χ1v) is 6.33. The summed E-state index contributed by atoms with van der Waals surface area (Å²) in [5.74, 6) is 0.313. The van der Waals surface area contributed by atoms with Crippen LogP contribution in [0.3, 0.4) is 0 Å². The summed E-state index contributed by atoms with van der Waals surface area (Å²) in [5, 5.41) is 2.96. The van der Waals surface area contributed by atoms with Gasteiger partial charge in [-0.25, -0.2) is 0 Å². The molecular formula is C14H20N2O2. The second-order valence-corrected chi connectivity index (χ2v) is 4.98. The summed E-state index contributed by atoms with van der Waals surface area (Å²) in [4.78, 5) is 12.3. The van der Waals surface area contributed by atoms with Crippen LogP contribution in [-0.4, -0.2) is 19.1 Å². The Bertz CT molecular complexity index is 425. The van der Waals surface area contributed by atoms with Crippen LogP contribution in [0.4, 0.5) is 11.4 Å². The van der Waals surface area contributed by atoms with Gasteiger partial charge < -0.3 is 15.8 Å². The van der Waals surface area contributed by atoms with Gasteiger partial charge in [-0.1, -0.05) is 19.1 Å². The fourth-order valence-corrected chi connectivity index (χ4v) is 2.35. The number of carbonyl (C=O) groups excluding carboxylic acids is 1. The van der Waals surface area contributed by atoms with Gasteiger partial charge in [0, 0.05) is 19.1 Å². The molecule has 18 heavy (non-hydrogen) atoms. The Hall–Kier alpha value is -1.55. The van der Waals surface area contributed by atoms with E-state index in [0.29, 0.717) is 18.9 Å². The molecule has 0 aromatic heterocycles. The predicted octanol–water partition coefficient (Wildman–Crippen LogP) is 2.19. The Kier molecular flexibility index (Phi) is 3.87. The minimum Gasteiger partial charge on any atom is -0.397 e. The number of nitrogens with one attached hydrogen (secondary N) is 1. The van der Waals surface area contributed by atoms with Crippen LogP contribution in [0.5, 0.6) is 0 Å². The van der Waals surface area contributed by atoms with Gasteiger partial charge in [-0.05, 0) is 30.9 Å². The molecule has 1 heterocycles. The highest BCUT2D eigenvalue weighted by Crippen LogP contribution is 2.27. The monoisotopic (exact) mass is 248 g/mol. The lowest BCUT2D eigenvalue weighted by atomic mass is 9.89. The zero-order chi connectivity index (χ0) is 13.1. The Balaban J connectivity index is 2.11. The molecular weight excluding hydrogens is 228 g/mol. The van der Waals surface area contributed by atoms with E-state index in [9.17, 15) is 4.79 Å². The highest BCUT2D eigenvalue weighted by Gasteiger charge is 2.28. The predicted molar refractivity (Wildman–Crippen MR) is 72.3 cm³/mol. The molecule has 98 valence electrons. The van der Waals surface area contributed by atoms with Crippen LogP contribution in [0.1, 0.15) is 18.9 Å². The van der Waals surface area contributed by atoms with Crippen LogP contribution in [-0.2, 0) is 9.53 Å². The highest BCUT2D eigenvalue weighted by molar-refractivity contribution is 5.96. The SMILES string of the molecule is Cc1cccc(N)c1NC(=O)C1CCOCC1C. The van der Waals surface area contributed by atoms with E-state index in [1.165, 1.54) is 0 Å². The van der Waals surface area contributed by atoms with Gasteiger partial charge >= 0.3 is 0 Å². The van der Waals surface area contributed by atoms with Crippen molar-refractivity contribution < 1.29 is 9.53 Å². The van der Waals surface area contributed by atoms with E-state index in [2.05, 4.69) is 5.32 Å². The Morgan fingerprint density at radius 2 is 2.28 bits per heavy atom. The molecule has 3 N–H and O–H groups in total. The molecule has 1 aliphatic heterocycles. The minimum absolute atomic E-state index is 0.0118. The zero-order valence-electron chi connectivity index (χ0n) is 10.9. The molecule has 2 unspecified atom stereocenters. The number of amides is 1. The molecule has 0 spiro atoms. The van der Waals surface area contributed by atoms with Crippen molar-refractivity contribution in [3.8, 4) is 0 Å². The van der Waals surface area contributed by atoms with Crippen LogP contribution < -0.4 is 11.1 Å². The molecule has 4 nitrogen and oxygen atoms in total. The molecule has 0 radical (unpaired) electrons. The van der Waals surface area contributed by atoms with Crippen LogP contribution >= 0.6 is 0 Å². The molecule has 0 aliphatic carbocycles. The molecule has 1 saturated heterocycles. The lowest BCUT2D eigenvalue weighted by Crippen LogP contribution is -2.35. The quantitative estimate of drug-likeness (QED) is 0.788. The Morgan fingerprint density at radius 1 is 1.50 bits per heavy atom. The molecule has 0 saturated carbocycles. The molecule has 1 fully saturated rings. The van der Waals surface area contributed by atoms with Crippen molar-refractivity contribution in [3.05, 3.63) is 23.8 Å². The van der Waals surface area contributed by atoms with E-state index in [0.717, 1.165) is 17.7 Å². The number of hydrogen-bond donors (Lipinski definition) is 2. The van der Waals surface area contributed by atoms with E-state index < -0.39 is 0 Å². The third kappa shape index (κ3) is 2.64. The number of para-hydroxylation sites is 1. The first-order valence-electron chi connectivity index (χ1n) is 6.33. The summed E-state index contributed by atoms with van der Waals surface area (Å²) in [7, 11) is 0. The maximum atomic E-state index is 12.3.